The molecular weight excluding hydrogens is 701 g/mol. The van der Waals surface area contributed by atoms with Crippen LogP contribution >= 0.6 is 7.82 Å². The average Bonchev–Trinajstić information content (AvgIpc) is 3.12. The Bertz CT molecular complexity index is 1110. The summed E-state index contributed by atoms with van der Waals surface area (Å²) < 4.78 is 32.5. The van der Waals surface area contributed by atoms with Gasteiger partial charge in [-0.1, -0.05) is 133 Å². The van der Waals surface area contributed by atoms with Crippen LogP contribution in [0.4, 0.5) is 0 Å². The van der Waals surface area contributed by atoms with E-state index in [-0.39, 0.29) is 25.6 Å². The fourth-order valence-corrected chi connectivity index (χ4v) is 5.79. The van der Waals surface area contributed by atoms with Crippen molar-refractivity contribution in [3.05, 3.63) is 48.6 Å². The van der Waals surface area contributed by atoms with Gasteiger partial charge in [0.25, 0.3) is 0 Å². The molecule has 0 aromatic carbocycles. The van der Waals surface area contributed by atoms with Gasteiger partial charge in [0.1, 0.15) is 12.6 Å². The smallest absolute Gasteiger partial charge is 0.472 e. The predicted octanol–water partition coefficient (Wildman–Crippen LogP) is 8.80. The van der Waals surface area contributed by atoms with Crippen LogP contribution in [0.3, 0.4) is 0 Å². The number of aliphatic hydroxyl groups excluding tert-OH is 1. The summed E-state index contributed by atoms with van der Waals surface area (Å²) in [7, 11) is -4.73. The number of hydrogen-bond acceptors (Lipinski definition) is 10. The molecular formula is C40H70NO11P. The Hall–Kier alpha value is -2.60. The number of unbranched alkanes of at least 4 members (excludes halogenated alkanes) is 11. The van der Waals surface area contributed by atoms with E-state index in [0.29, 0.717) is 25.7 Å². The number of ether oxygens (including phenoxy) is 2. The molecule has 0 heterocycles. The van der Waals surface area contributed by atoms with E-state index in [1.807, 2.05) is 18.2 Å². The molecule has 4 atom stereocenters. The largest absolute Gasteiger partial charge is 0.480 e. The molecule has 0 fully saturated rings. The Morgan fingerprint density at radius 2 is 1.17 bits per heavy atom. The molecule has 306 valence electrons. The van der Waals surface area contributed by atoms with Crippen molar-refractivity contribution in [3.63, 3.8) is 0 Å². The molecule has 0 spiro atoms. The predicted molar refractivity (Wildman–Crippen MR) is 209 cm³/mol. The van der Waals surface area contributed by atoms with Gasteiger partial charge in [0.15, 0.2) is 6.10 Å². The monoisotopic (exact) mass is 771 g/mol. The molecule has 0 radical (unpaired) electrons. The Morgan fingerprint density at radius 1 is 0.660 bits per heavy atom. The van der Waals surface area contributed by atoms with Crippen LogP contribution in [-0.2, 0) is 37.5 Å². The molecule has 0 saturated heterocycles. The minimum atomic E-state index is -4.73. The van der Waals surface area contributed by atoms with Crippen molar-refractivity contribution in [2.75, 3.05) is 19.8 Å². The number of hydrogen-bond donors (Lipinski definition) is 4. The molecule has 0 aliphatic carbocycles. The van der Waals surface area contributed by atoms with Gasteiger partial charge in [-0.3, -0.25) is 23.4 Å². The minimum Gasteiger partial charge on any atom is -0.480 e. The number of phosphoric ester groups is 1. The van der Waals surface area contributed by atoms with Crippen LogP contribution in [0.2, 0.25) is 0 Å². The Kier molecular flexibility index (Phi) is 33.4. The topological polar surface area (TPSA) is 192 Å². The first-order valence-electron chi connectivity index (χ1n) is 19.7. The average molecular weight is 772 g/mol. The van der Waals surface area contributed by atoms with E-state index in [2.05, 4.69) is 48.8 Å². The quantitative estimate of drug-likeness (QED) is 0.0205. The number of allylic oxidation sites excluding steroid dienone is 7. The lowest BCUT2D eigenvalue weighted by Gasteiger charge is -2.20. The van der Waals surface area contributed by atoms with Crippen molar-refractivity contribution in [3.8, 4) is 0 Å². The highest BCUT2D eigenvalue weighted by atomic mass is 31.2. The standard InChI is InChI=1S/C40H70NO11P/c1-3-5-6-7-8-9-13-17-20-23-26-30-38(43)49-32-36(33-50-53(47,48)51-34-37(41)40(45)46)52-39(44)31-27-24-21-18-15-12-10-11-14-16-19-22-25-29-35(42)28-4-2/h10,12,14,16,18,21-22,25,35-37,42H,3-9,11,13,15,17,19-20,23-24,26-34,41H2,1-2H3,(H,45,46)(H,47,48)/b12-10-,16-14-,21-18-,25-22-/t35?,36-,37+/m1/s1. The van der Waals surface area contributed by atoms with Crippen LogP contribution in [0.15, 0.2) is 48.6 Å². The van der Waals surface area contributed by atoms with E-state index >= 15 is 0 Å². The number of carbonyl (C=O) groups excluding carboxylic acids is 2. The summed E-state index contributed by atoms with van der Waals surface area (Å²) in [6, 6.07) is -1.54. The SMILES string of the molecule is CCCCCCCCCCCCCC(=O)OC[C@H](COP(=O)(O)OC[C@H](N)C(=O)O)OC(=O)CCC/C=C\C/C=C\C/C=C\C/C=C\CC(O)CCC. The van der Waals surface area contributed by atoms with E-state index in [0.717, 1.165) is 51.4 Å². The lowest BCUT2D eigenvalue weighted by atomic mass is 10.1. The lowest BCUT2D eigenvalue weighted by Crippen LogP contribution is -2.34. The molecule has 0 bridgehead atoms. The van der Waals surface area contributed by atoms with Gasteiger partial charge in [-0.2, -0.15) is 0 Å². The molecule has 5 N–H and O–H groups in total. The number of carboxylic acid groups (broad SMARTS) is 1. The second kappa shape index (κ2) is 35.1. The van der Waals surface area contributed by atoms with Gasteiger partial charge in [-0.15, -0.1) is 0 Å². The summed E-state index contributed by atoms with van der Waals surface area (Å²) in [5, 5.41) is 18.6. The van der Waals surface area contributed by atoms with Gasteiger partial charge < -0.3 is 30.3 Å². The molecule has 0 saturated carbocycles. The molecule has 0 aliphatic rings. The second-order valence-corrected chi connectivity index (χ2v) is 14.7. The molecule has 0 amide bonds. The van der Waals surface area contributed by atoms with Crippen molar-refractivity contribution in [1.82, 2.24) is 0 Å². The highest BCUT2D eigenvalue weighted by Crippen LogP contribution is 2.43. The number of nitrogens with two attached hydrogens (primary N) is 1. The molecule has 0 rings (SSSR count). The van der Waals surface area contributed by atoms with Crippen molar-refractivity contribution in [2.45, 2.75) is 167 Å². The van der Waals surface area contributed by atoms with Gasteiger partial charge in [0, 0.05) is 12.8 Å². The zero-order valence-corrected chi connectivity index (χ0v) is 33.3. The zero-order valence-electron chi connectivity index (χ0n) is 32.5. The van der Waals surface area contributed by atoms with E-state index in [4.69, 9.17) is 24.8 Å². The third-order valence-corrected chi connectivity index (χ3v) is 9.09. The number of rotatable bonds is 36. The van der Waals surface area contributed by atoms with Crippen molar-refractivity contribution in [2.24, 2.45) is 5.73 Å². The van der Waals surface area contributed by atoms with Crippen LogP contribution in [0, 0.1) is 0 Å². The fraction of sp³-hybridized carbons (Fsp3) is 0.725. The summed E-state index contributed by atoms with van der Waals surface area (Å²) >= 11 is 0. The molecule has 0 aliphatic heterocycles. The van der Waals surface area contributed by atoms with Gasteiger partial charge in [0.05, 0.1) is 19.3 Å². The van der Waals surface area contributed by atoms with Crippen LogP contribution in [-0.4, -0.2) is 71.1 Å². The number of aliphatic hydroxyl groups is 1. The van der Waals surface area contributed by atoms with Gasteiger partial charge in [0.2, 0.25) is 0 Å². The number of esters is 2. The summed E-state index contributed by atoms with van der Waals surface area (Å²) in [6.45, 7) is 2.51. The number of carbonyl (C=O) groups is 3. The first-order valence-corrected chi connectivity index (χ1v) is 21.2. The summed E-state index contributed by atoms with van der Waals surface area (Å²) in [4.78, 5) is 45.7. The fourth-order valence-electron chi connectivity index (χ4n) is 5.01. The van der Waals surface area contributed by atoms with E-state index in [1.165, 1.54) is 44.9 Å². The van der Waals surface area contributed by atoms with Crippen molar-refractivity contribution in [1.29, 1.82) is 0 Å². The Labute approximate surface area is 318 Å². The molecule has 53 heavy (non-hydrogen) atoms. The zero-order chi connectivity index (χ0) is 39.4. The summed E-state index contributed by atoms with van der Waals surface area (Å²) in [5.41, 5.74) is 5.31. The van der Waals surface area contributed by atoms with Crippen LogP contribution in [0.1, 0.15) is 149 Å². The van der Waals surface area contributed by atoms with Gasteiger partial charge in [-0.25, -0.2) is 4.57 Å². The first kappa shape index (κ1) is 50.4. The number of carboxylic acids is 1. The minimum absolute atomic E-state index is 0.0704. The molecule has 0 aromatic heterocycles. The van der Waals surface area contributed by atoms with Crippen LogP contribution < -0.4 is 5.73 Å². The molecule has 13 heteroatoms. The third kappa shape index (κ3) is 34.9. The van der Waals surface area contributed by atoms with Crippen LogP contribution in [0.5, 0.6) is 0 Å². The maximum atomic E-state index is 12.6. The lowest BCUT2D eigenvalue weighted by molar-refractivity contribution is -0.161. The maximum absolute atomic E-state index is 12.6. The summed E-state index contributed by atoms with van der Waals surface area (Å²) in [5.74, 6) is -2.48. The molecule has 0 aromatic rings. The van der Waals surface area contributed by atoms with E-state index in [1.54, 1.807) is 0 Å². The first-order chi connectivity index (χ1) is 25.5. The molecule has 2 unspecified atom stereocenters. The van der Waals surface area contributed by atoms with Crippen LogP contribution in [0.25, 0.3) is 0 Å². The maximum Gasteiger partial charge on any atom is 0.472 e. The second-order valence-electron chi connectivity index (χ2n) is 13.2. The number of aliphatic carboxylic acids is 1. The Morgan fingerprint density at radius 3 is 1.74 bits per heavy atom. The highest BCUT2D eigenvalue weighted by Gasteiger charge is 2.28. The normalized spacial score (nSPS) is 15.0. The van der Waals surface area contributed by atoms with E-state index in [9.17, 15) is 28.9 Å². The van der Waals surface area contributed by atoms with Crippen molar-refractivity contribution >= 4 is 25.7 Å². The third-order valence-electron chi connectivity index (χ3n) is 8.14. The van der Waals surface area contributed by atoms with Crippen molar-refractivity contribution < 1.29 is 52.6 Å². The van der Waals surface area contributed by atoms with Gasteiger partial charge in [-0.05, 0) is 51.4 Å². The summed E-state index contributed by atoms with van der Waals surface area (Å²) in [6.07, 6.45) is 34.0. The van der Waals surface area contributed by atoms with E-state index < -0.39 is 51.1 Å². The number of phosphoric acid groups is 1. The van der Waals surface area contributed by atoms with Gasteiger partial charge >= 0.3 is 25.7 Å². The Balaban J connectivity index is 4.55. The highest BCUT2D eigenvalue weighted by molar-refractivity contribution is 7.47. The molecule has 12 nitrogen and oxygen atoms in total.